The molecule has 1 aromatic heterocycles. The summed E-state index contributed by atoms with van der Waals surface area (Å²) in [5, 5.41) is 2.76. The Bertz CT molecular complexity index is 927. The number of para-hydroxylation sites is 2. The van der Waals surface area contributed by atoms with Gasteiger partial charge in [0, 0.05) is 12.1 Å². The summed E-state index contributed by atoms with van der Waals surface area (Å²) in [6.07, 6.45) is -0.479. The highest BCUT2D eigenvalue weighted by Crippen LogP contribution is 2.18. The predicted octanol–water partition coefficient (Wildman–Crippen LogP) is 4.45. The number of anilines is 1. The van der Waals surface area contributed by atoms with Crippen LogP contribution < -0.4 is 5.32 Å². The highest BCUT2D eigenvalue weighted by atomic mass is 16.5. The SMILES string of the molecule is CC(C)c1ccc(NC(=O)[C@@H](C)OC(=O)CCc2nc3ccccc3o2)cc1. The van der Waals surface area contributed by atoms with Crippen molar-refractivity contribution in [3.63, 3.8) is 0 Å². The van der Waals surface area contributed by atoms with E-state index >= 15 is 0 Å². The van der Waals surface area contributed by atoms with Gasteiger partial charge in [-0.15, -0.1) is 0 Å². The minimum atomic E-state index is -0.888. The Kier molecular flexibility index (Phi) is 6.09. The van der Waals surface area contributed by atoms with Crippen molar-refractivity contribution in [1.82, 2.24) is 4.98 Å². The number of rotatable bonds is 7. The molecule has 3 rings (SSSR count). The Morgan fingerprint density at radius 2 is 1.79 bits per heavy atom. The first-order valence-corrected chi connectivity index (χ1v) is 9.37. The Hall–Kier alpha value is -3.15. The minimum absolute atomic E-state index is 0.0908. The van der Waals surface area contributed by atoms with Crippen LogP contribution in [0.1, 0.15) is 44.6 Å². The first kappa shape index (κ1) is 19.6. The molecule has 2 aromatic carbocycles. The zero-order chi connectivity index (χ0) is 20.1. The zero-order valence-corrected chi connectivity index (χ0v) is 16.3. The number of ether oxygens (including phenoxy) is 1. The van der Waals surface area contributed by atoms with Crippen LogP contribution in [0.4, 0.5) is 5.69 Å². The summed E-state index contributed by atoms with van der Waals surface area (Å²) < 4.78 is 10.8. The summed E-state index contributed by atoms with van der Waals surface area (Å²) in [4.78, 5) is 28.6. The maximum absolute atomic E-state index is 12.2. The van der Waals surface area contributed by atoms with Crippen LogP contribution in [0, 0.1) is 0 Å². The van der Waals surface area contributed by atoms with Crippen molar-refractivity contribution in [2.75, 3.05) is 5.32 Å². The van der Waals surface area contributed by atoms with Crippen molar-refractivity contribution in [1.29, 1.82) is 0 Å². The van der Waals surface area contributed by atoms with Crippen LogP contribution in [-0.4, -0.2) is 23.0 Å². The van der Waals surface area contributed by atoms with Gasteiger partial charge < -0.3 is 14.5 Å². The molecule has 1 N–H and O–H groups in total. The van der Waals surface area contributed by atoms with E-state index in [0.717, 1.165) is 5.52 Å². The van der Waals surface area contributed by atoms with Crippen molar-refractivity contribution in [3.05, 3.63) is 60.0 Å². The Labute approximate surface area is 163 Å². The standard InChI is InChI=1S/C22H24N2O4/c1-14(2)16-8-10-17(11-9-16)23-22(26)15(3)27-21(25)13-12-20-24-18-6-4-5-7-19(18)28-20/h4-11,14-15H,12-13H2,1-3H3,(H,23,26)/t15-/m1/s1. The summed E-state index contributed by atoms with van der Waals surface area (Å²) in [5.41, 5.74) is 3.30. The molecule has 28 heavy (non-hydrogen) atoms. The summed E-state index contributed by atoms with van der Waals surface area (Å²) in [5.74, 6) is 0.0546. The van der Waals surface area contributed by atoms with Crippen LogP contribution in [-0.2, 0) is 20.7 Å². The maximum atomic E-state index is 12.2. The van der Waals surface area contributed by atoms with Gasteiger partial charge in [-0.05, 0) is 42.7 Å². The fraction of sp³-hybridized carbons (Fsp3) is 0.318. The van der Waals surface area contributed by atoms with Crippen LogP contribution >= 0.6 is 0 Å². The van der Waals surface area contributed by atoms with Gasteiger partial charge in [-0.3, -0.25) is 9.59 Å². The number of aryl methyl sites for hydroxylation is 1. The fourth-order valence-electron chi connectivity index (χ4n) is 2.74. The lowest BCUT2D eigenvalue weighted by Crippen LogP contribution is -2.30. The molecule has 0 radical (unpaired) electrons. The van der Waals surface area contributed by atoms with E-state index in [9.17, 15) is 9.59 Å². The normalized spacial score (nSPS) is 12.1. The quantitative estimate of drug-likeness (QED) is 0.612. The van der Waals surface area contributed by atoms with Gasteiger partial charge in [-0.25, -0.2) is 4.98 Å². The maximum Gasteiger partial charge on any atom is 0.307 e. The molecule has 0 bridgehead atoms. The Morgan fingerprint density at radius 3 is 2.46 bits per heavy atom. The molecule has 146 valence electrons. The minimum Gasteiger partial charge on any atom is -0.453 e. The van der Waals surface area contributed by atoms with Crippen molar-refractivity contribution in [2.45, 2.75) is 45.6 Å². The van der Waals surface area contributed by atoms with Crippen LogP contribution in [0.2, 0.25) is 0 Å². The fourth-order valence-corrected chi connectivity index (χ4v) is 2.74. The number of carbonyl (C=O) groups excluding carboxylic acids is 2. The molecule has 6 heteroatoms. The topological polar surface area (TPSA) is 81.4 Å². The molecule has 0 fully saturated rings. The lowest BCUT2D eigenvalue weighted by atomic mass is 10.0. The molecule has 0 saturated heterocycles. The number of aromatic nitrogens is 1. The molecule has 0 unspecified atom stereocenters. The van der Waals surface area contributed by atoms with E-state index < -0.39 is 12.1 Å². The molecule has 1 heterocycles. The summed E-state index contributed by atoms with van der Waals surface area (Å²) in [6.45, 7) is 5.77. The molecule has 0 spiro atoms. The molecule has 0 aliphatic heterocycles. The lowest BCUT2D eigenvalue weighted by molar-refractivity contribution is -0.153. The van der Waals surface area contributed by atoms with Gasteiger partial charge in [0.2, 0.25) is 0 Å². The van der Waals surface area contributed by atoms with Gasteiger partial charge in [0.15, 0.2) is 17.6 Å². The molecule has 0 aliphatic carbocycles. The van der Waals surface area contributed by atoms with E-state index in [1.165, 1.54) is 5.56 Å². The molecular formula is C22H24N2O4. The second-order valence-electron chi connectivity index (χ2n) is 6.97. The molecular weight excluding hydrogens is 356 g/mol. The number of nitrogens with zero attached hydrogens (tertiary/aromatic N) is 1. The molecule has 1 amide bonds. The second kappa shape index (κ2) is 8.69. The first-order chi connectivity index (χ1) is 13.4. The van der Waals surface area contributed by atoms with Crippen molar-refractivity contribution < 1.29 is 18.7 Å². The first-order valence-electron chi connectivity index (χ1n) is 9.37. The van der Waals surface area contributed by atoms with Gasteiger partial charge in [0.25, 0.3) is 5.91 Å². The number of oxazole rings is 1. The number of hydrogen-bond donors (Lipinski definition) is 1. The molecule has 6 nitrogen and oxygen atoms in total. The monoisotopic (exact) mass is 380 g/mol. The third kappa shape index (κ3) is 4.97. The van der Waals surface area contributed by atoms with Crippen LogP contribution in [0.15, 0.2) is 52.9 Å². The highest BCUT2D eigenvalue weighted by Gasteiger charge is 2.18. The van der Waals surface area contributed by atoms with E-state index in [2.05, 4.69) is 24.1 Å². The Balaban J connectivity index is 1.48. The lowest BCUT2D eigenvalue weighted by Gasteiger charge is -2.14. The van der Waals surface area contributed by atoms with Crippen molar-refractivity contribution in [3.8, 4) is 0 Å². The largest absolute Gasteiger partial charge is 0.453 e. The third-order valence-corrected chi connectivity index (χ3v) is 4.40. The number of benzene rings is 2. The van der Waals surface area contributed by atoms with Gasteiger partial charge in [-0.2, -0.15) is 0 Å². The van der Waals surface area contributed by atoms with Crippen LogP contribution in [0.25, 0.3) is 11.1 Å². The smallest absolute Gasteiger partial charge is 0.307 e. The summed E-state index contributed by atoms with van der Waals surface area (Å²) in [6, 6.07) is 15.0. The zero-order valence-electron chi connectivity index (χ0n) is 16.3. The number of esters is 1. The highest BCUT2D eigenvalue weighted by molar-refractivity contribution is 5.95. The number of fused-ring (bicyclic) bond motifs is 1. The summed E-state index contributed by atoms with van der Waals surface area (Å²) >= 11 is 0. The molecule has 1 atom stereocenters. The van der Waals surface area contributed by atoms with Crippen molar-refractivity contribution >= 4 is 28.7 Å². The number of hydrogen-bond acceptors (Lipinski definition) is 5. The van der Waals surface area contributed by atoms with Gasteiger partial charge >= 0.3 is 5.97 Å². The van der Waals surface area contributed by atoms with Crippen LogP contribution in [0.5, 0.6) is 0 Å². The number of carbonyl (C=O) groups is 2. The second-order valence-corrected chi connectivity index (χ2v) is 6.97. The molecule has 3 aromatic rings. The molecule has 0 saturated carbocycles. The van der Waals surface area contributed by atoms with E-state index in [1.807, 2.05) is 48.5 Å². The van der Waals surface area contributed by atoms with E-state index in [1.54, 1.807) is 6.92 Å². The van der Waals surface area contributed by atoms with E-state index in [-0.39, 0.29) is 12.3 Å². The number of amides is 1. The van der Waals surface area contributed by atoms with Gasteiger partial charge in [-0.1, -0.05) is 38.1 Å². The van der Waals surface area contributed by atoms with Gasteiger partial charge in [0.05, 0.1) is 6.42 Å². The van der Waals surface area contributed by atoms with E-state index in [4.69, 9.17) is 9.15 Å². The predicted molar refractivity (Wildman–Crippen MR) is 107 cm³/mol. The van der Waals surface area contributed by atoms with Gasteiger partial charge in [0.1, 0.15) is 5.52 Å². The number of nitrogens with one attached hydrogen (secondary N) is 1. The van der Waals surface area contributed by atoms with Crippen molar-refractivity contribution in [2.24, 2.45) is 0 Å². The van der Waals surface area contributed by atoms with Crippen LogP contribution in [0.3, 0.4) is 0 Å². The Morgan fingerprint density at radius 1 is 1.07 bits per heavy atom. The molecule has 0 aliphatic rings. The average molecular weight is 380 g/mol. The average Bonchev–Trinajstić information content (AvgIpc) is 3.09. The third-order valence-electron chi connectivity index (χ3n) is 4.40. The summed E-state index contributed by atoms with van der Waals surface area (Å²) in [7, 11) is 0. The van der Waals surface area contributed by atoms with E-state index in [0.29, 0.717) is 29.5 Å².